The fourth-order valence-corrected chi connectivity index (χ4v) is 9.28. The van der Waals surface area contributed by atoms with E-state index >= 15 is 4.79 Å². The second-order valence-corrected chi connectivity index (χ2v) is 15.0. The lowest BCUT2D eigenvalue weighted by molar-refractivity contribution is -0.178. The Bertz CT molecular complexity index is 2470. The predicted octanol–water partition coefficient (Wildman–Crippen LogP) is 5.41. The van der Waals surface area contributed by atoms with Crippen LogP contribution in [0.25, 0.3) is 0 Å². The van der Waals surface area contributed by atoms with E-state index in [0.29, 0.717) is 16.7 Å². The number of esters is 1. The Balaban J connectivity index is 1.44. The molecular weight excluding hydrogens is 761 g/mol. The van der Waals surface area contributed by atoms with Gasteiger partial charge in [0, 0.05) is 17.5 Å². The third-order valence-electron chi connectivity index (χ3n) is 11.6. The van der Waals surface area contributed by atoms with Crippen LogP contribution in [0.15, 0.2) is 133 Å². The number of hydrogen-bond donors (Lipinski definition) is 4. The van der Waals surface area contributed by atoms with Gasteiger partial charge in [-0.3, -0.25) is 19.3 Å². The Morgan fingerprint density at radius 2 is 1.50 bits per heavy atom. The highest BCUT2D eigenvalue weighted by molar-refractivity contribution is 6.24. The second-order valence-electron chi connectivity index (χ2n) is 15.0. The predicted molar refractivity (Wildman–Crippen MR) is 222 cm³/mol. The summed E-state index contributed by atoms with van der Waals surface area (Å²) < 4.78 is 12.6. The van der Waals surface area contributed by atoms with E-state index in [2.05, 4.69) is 17.2 Å². The first kappa shape index (κ1) is 40.0. The number of carbonyl (C=O) groups is 4. The van der Waals surface area contributed by atoms with Gasteiger partial charge < -0.3 is 30.7 Å². The SMILES string of the molecule is CC(NC(=O)N1C(=O)C2(c3cc(C#CCCO)ccc31)C(C(N)=O)C1C(=O)OC(c3ccccc3)C(c3ccccc3)N1C2c1ccccc1OCCO)c1ccccc1. The molecule has 1 spiro atoms. The third kappa shape index (κ3) is 6.76. The van der Waals surface area contributed by atoms with Gasteiger partial charge in [0.1, 0.15) is 29.9 Å². The lowest BCUT2D eigenvalue weighted by Gasteiger charge is -2.46. The van der Waals surface area contributed by atoms with Crippen LogP contribution in [-0.4, -0.2) is 64.8 Å². The Kier molecular flexibility index (Phi) is 11.2. The van der Waals surface area contributed by atoms with E-state index in [0.717, 1.165) is 16.0 Å². The number of para-hydroxylation sites is 1. The quantitative estimate of drug-likeness (QED) is 0.106. The topological polar surface area (TPSA) is 172 Å². The highest BCUT2D eigenvalue weighted by atomic mass is 16.6. The zero-order valence-corrected chi connectivity index (χ0v) is 32.8. The fraction of sp³-hybridized carbons (Fsp3) is 0.250. The fourth-order valence-electron chi connectivity index (χ4n) is 9.28. The van der Waals surface area contributed by atoms with Gasteiger partial charge in [-0.05, 0) is 53.4 Å². The first-order chi connectivity index (χ1) is 29.2. The van der Waals surface area contributed by atoms with Crippen LogP contribution in [0.2, 0.25) is 0 Å². The molecule has 2 fully saturated rings. The number of nitrogens with one attached hydrogen (secondary N) is 1. The van der Waals surface area contributed by atoms with E-state index in [1.165, 1.54) is 0 Å². The van der Waals surface area contributed by atoms with E-state index in [1.54, 1.807) is 49.4 Å². The molecule has 0 aliphatic carbocycles. The van der Waals surface area contributed by atoms with Crippen LogP contribution < -0.4 is 20.7 Å². The summed E-state index contributed by atoms with van der Waals surface area (Å²) in [6, 6.07) is 35.1. The van der Waals surface area contributed by atoms with E-state index in [9.17, 15) is 24.6 Å². The number of fused-ring (bicyclic) bond motifs is 3. The molecule has 3 aliphatic heterocycles. The summed E-state index contributed by atoms with van der Waals surface area (Å²) in [5.41, 5.74) is 7.90. The molecule has 60 heavy (non-hydrogen) atoms. The molecule has 0 saturated carbocycles. The number of anilines is 1. The summed E-state index contributed by atoms with van der Waals surface area (Å²) in [5.74, 6) is 2.16. The number of urea groups is 1. The average molecular weight is 805 g/mol. The summed E-state index contributed by atoms with van der Waals surface area (Å²) in [7, 11) is 0. The number of nitrogens with two attached hydrogens (primary N) is 1. The maximum absolute atomic E-state index is 16.1. The molecule has 5 aromatic rings. The summed E-state index contributed by atoms with van der Waals surface area (Å²) in [5, 5.41) is 22.4. The number of imide groups is 1. The van der Waals surface area contributed by atoms with Crippen molar-refractivity contribution in [2.45, 2.75) is 49.0 Å². The number of hydrogen-bond acceptors (Lipinski definition) is 9. The number of aliphatic hydroxyl groups is 2. The Hall–Kier alpha value is -6.78. The Labute approximate surface area is 347 Å². The molecule has 5 aromatic carbocycles. The van der Waals surface area contributed by atoms with Crippen molar-refractivity contribution < 1.29 is 38.9 Å². The molecule has 5 N–H and O–H groups in total. The zero-order valence-electron chi connectivity index (χ0n) is 32.8. The standard InChI is InChI=1S/C48H44N4O8/c1-30(32-16-5-2-6-17-32)50-47(58)51-37-25-24-31(15-13-14-26-53)29-36(37)48(46(51)57)39(44(49)55)41-45(56)60-42(34-20-9-4-10-21-34)40(33-18-7-3-8-19-33)52(41)43(48)35-22-11-12-23-38(35)59-28-27-54/h2-12,16-25,29-30,39-43,53-54H,14,26-28H2,1H3,(H2,49,55)(H,50,58). The number of aliphatic hydroxyl groups excluding tert-OH is 2. The maximum atomic E-state index is 16.1. The molecule has 2 saturated heterocycles. The van der Waals surface area contributed by atoms with Crippen LogP contribution in [0.4, 0.5) is 10.5 Å². The van der Waals surface area contributed by atoms with E-state index in [4.69, 9.17) is 15.2 Å². The lowest BCUT2D eigenvalue weighted by Crippen LogP contribution is -2.55. The minimum Gasteiger partial charge on any atom is -0.491 e. The first-order valence-corrected chi connectivity index (χ1v) is 19.9. The molecule has 12 heteroatoms. The van der Waals surface area contributed by atoms with Crippen molar-refractivity contribution in [3.8, 4) is 17.6 Å². The van der Waals surface area contributed by atoms with E-state index < -0.39 is 65.4 Å². The van der Waals surface area contributed by atoms with Gasteiger partial charge >= 0.3 is 12.0 Å². The molecule has 304 valence electrons. The molecule has 0 aromatic heterocycles. The minimum atomic E-state index is -2.07. The maximum Gasteiger partial charge on any atom is 0.329 e. The molecule has 7 unspecified atom stereocenters. The van der Waals surface area contributed by atoms with Gasteiger partial charge in [-0.1, -0.05) is 121 Å². The zero-order chi connectivity index (χ0) is 42.0. The van der Waals surface area contributed by atoms with Crippen molar-refractivity contribution in [3.05, 3.63) is 167 Å². The molecule has 7 atom stereocenters. The third-order valence-corrected chi connectivity index (χ3v) is 11.6. The number of nitrogens with zero attached hydrogens (tertiary/aromatic N) is 2. The first-order valence-electron chi connectivity index (χ1n) is 19.9. The van der Waals surface area contributed by atoms with Crippen LogP contribution >= 0.6 is 0 Å². The van der Waals surface area contributed by atoms with Gasteiger partial charge in [0.05, 0.1) is 42.9 Å². The van der Waals surface area contributed by atoms with Gasteiger partial charge in [-0.25, -0.2) is 9.69 Å². The average Bonchev–Trinajstić information content (AvgIpc) is 3.73. The molecule has 12 nitrogen and oxygen atoms in total. The summed E-state index contributed by atoms with van der Waals surface area (Å²) >= 11 is 0. The number of benzene rings is 5. The van der Waals surface area contributed by atoms with Crippen LogP contribution in [0.1, 0.15) is 71.0 Å². The Morgan fingerprint density at radius 3 is 2.17 bits per heavy atom. The summed E-state index contributed by atoms with van der Waals surface area (Å²) in [6.07, 6.45) is -0.747. The molecule has 4 amide bonds. The highest BCUT2D eigenvalue weighted by Gasteiger charge is 2.75. The molecule has 0 radical (unpaired) electrons. The summed E-state index contributed by atoms with van der Waals surface area (Å²) in [4.78, 5) is 63.1. The number of ether oxygens (including phenoxy) is 2. The molecule has 3 heterocycles. The van der Waals surface area contributed by atoms with Crippen molar-refractivity contribution in [3.63, 3.8) is 0 Å². The van der Waals surface area contributed by atoms with Crippen molar-refractivity contribution in [2.24, 2.45) is 11.7 Å². The van der Waals surface area contributed by atoms with Crippen molar-refractivity contribution in [1.29, 1.82) is 0 Å². The van der Waals surface area contributed by atoms with Crippen molar-refractivity contribution in [2.75, 3.05) is 24.7 Å². The van der Waals surface area contributed by atoms with Gasteiger partial charge in [0.25, 0.3) is 0 Å². The number of amides is 4. The largest absolute Gasteiger partial charge is 0.491 e. The van der Waals surface area contributed by atoms with Gasteiger partial charge in [-0.15, -0.1) is 0 Å². The van der Waals surface area contributed by atoms with Crippen molar-refractivity contribution in [1.82, 2.24) is 10.2 Å². The molecule has 3 aliphatic rings. The summed E-state index contributed by atoms with van der Waals surface area (Å²) in [6.45, 7) is 1.21. The lowest BCUT2D eigenvalue weighted by atomic mass is 9.65. The normalized spacial score (nSPS) is 23.5. The van der Waals surface area contributed by atoms with Crippen LogP contribution in [-0.2, 0) is 24.5 Å². The minimum absolute atomic E-state index is 0.1000. The van der Waals surface area contributed by atoms with Gasteiger partial charge in [-0.2, -0.15) is 0 Å². The second kappa shape index (κ2) is 16.8. The number of carbonyl (C=O) groups excluding carboxylic acids is 4. The number of primary amides is 1. The van der Waals surface area contributed by atoms with Gasteiger partial charge in [0.15, 0.2) is 0 Å². The monoisotopic (exact) mass is 804 g/mol. The van der Waals surface area contributed by atoms with Crippen LogP contribution in [0.3, 0.4) is 0 Å². The number of cyclic esters (lactones) is 1. The molecule has 8 rings (SSSR count). The van der Waals surface area contributed by atoms with Crippen LogP contribution in [0.5, 0.6) is 5.75 Å². The van der Waals surface area contributed by atoms with E-state index in [-0.39, 0.29) is 43.2 Å². The van der Waals surface area contributed by atoms with Crippen molar-refractivity contribution >= 4 is 29.5 Å². The van der Waals surface area contributed by atoms with E-state index in [1.807, 2.05) is 95.9 Å². The number of rotatable bonds is 10. The Morgan fingerprint density at radius 1 is 0.850 bits per heavy atom. The van der Waals surface area contributed by atoms with Crippen LogP contribution in [0, 0.1) is 17.8 Å². The highest BCUT2D eigenvalue weighted by Crippen LogP contribution is 2.66. The smallest absolute Gasteiger partial charge is 0.329 e. The van der Waals surface area contributed by atoms with Gasteiger partial charge in [0.2, 0.25) is 11.8 Å². The molecular formula is C48H44N4O8. The number of morpholine rings is 1. The molecule has 0 bridgehead atoms.